The molecule has 0 amide bonds. The van der Waals surface area contributed by atoms with Gasteiger partial charge in [-0.15, -0.1) is 0 Å². The summed E-state index contributed by atoms with van der Waals surface area (Å²) in [6.07, 6.45) is 0. The summed E-state index contributed by atoms with van der Waals surface area (Å²) < 4.78 is 0. The molecule has 0 fully saturated rings. The number of fused-ring (bicyclic) bond motifs is 1. The van der Waals surface area contributed by atoms with Crippen LogP contribution in [0.5, 0.6) is 0 Å². The Morgan fingerprint density at radius 2 is 1.83 bits per heavy atom. The second-order valence-corrected chi connectivity index (χ2v) is 3.27. The maximum Gasteiger partial charge on any atom is 0.130 e. The highest BCUT2D eigenvalue weighted by Gasteiger charge is 2.04. The molecular formula is C10H12N2. The molecule has 0 atom stereocenters. The fourth-order valence-electron chi connectivity index (χ4n) is 1.55. The summed E-state index contributed by atoms with van der Waals surface area (Å²) in [5.41, 5.74) is 3.94. The lowest BCUT2D eigenvalue weighted by Gasteiger charge is -2.02. The molecule has 2 heteroatoms. The van der Waals surface area contributed by atoms with Gasteiger partial charge in [-0.3, -0.25) is 9.98 Å². The highest BCUT2D eigenvalue weighted by Crippen LogP contribution is 2.05. The van der Waals surface area contributed by atoms with Crippen LogP contribution in [0.3, 0.4) is 0 Å². The van der Waals surface area contributed by atoms with Crippen molar-refractivity contribution >= 4 is 0 Å². The van der Waals surface area contributed by atoms with Crippen LogP contribution in [0.4, 0.5) is 0 Å². The zero-order valence-electron chi connectivity index (χ0n) is 7.68. The Bertz CT molecular complexity index is 444. The second kappa shape index (κ2) is 2.41. The molecule has 1 aliphatic heterocycles. The van der Waals surface area contributed by atoms with Crippen LogP contribution in [-0.4, -0.2) is 6.67 Å². The van der Waals surface area contributed by atoms with Gasteiger partial charge >= 0.3 is 0 Å². The van der Waals surface area contributed by atoms with Gasteiger partial charge in [0.05, 0.1) is 10.7 Å². The van der Waals surface area contributed by atoms with Crippen molar-refractivity contribution in [1.29, 1.82) is 0 Å². The van der Waals surface area contributed by atoms with E-state index in [9.17, 15) is 0 Å². The zero-order valence-corrected chi connectivity index (χ0v) is 7.68. The molecule has 0 spiro atoms. The van der Waals surface area contributed by atoms with E-state index in [4.69, 9.17) is 0 Å². The topological polar surface area (TPSA) is 24.7 Å². The van der Waals surface area contributed by atoms with Crippen LogP contribution >= 0.6 is 0 Å². The first-order chi connectivity index (χ1) is 5.70. The molecule has 2 rings (SSSR count). The van der Waals surface area contributed by atoms with Crippen LogP contribution < -0.4 is 10.7 Å². The van der Waals surface area contributed by atoms with E-state index in [1.54, 1.807) is 0 Å². The molecular weight excluding hydrogens is 148 g/mol. The number of hydrogen-bond donors (Lipinski definition) is 0. The summed E-state index contributed by atoms with van der Waals surface area (Å²) in [6.45, 7) is 6.99. The van der Waals surface area contributed by atoms with Gasteiger partial charge in [-0.05, 0) is 43.5 Å². The first-order valence-electron chi connectivity index (χ1n) is 4.16. The number of nitrogens with zero attached hydrogens (tertiary/aromatic N) is 2. The minimum Gasteiger partial charge on any atom is -0.260 e. The SMILES string of the molecule is Cc1cc2c(c(C)c1C)=NCN=2. The Morgan fingerprint density at radius 1 is 1.08 bits per heavy atom. The molecule has 0 unspecified atom stereocenters. The minimum absolute atomic E-state index is 0.610. The zero-order chi connectivity index (χ0) is 8.72. The molecule has 12 heavy (non-hydrogen) atoms. The lowest BCUT2D eigenvalue weighted by molar-refractivity contribution is 1.05. The van der Waals surface area contributed by atoms with Crippen molar-refractivity contribution in [3.8, 4) is 0 Å². The molecule has 1 heterocycles. The highest BCUT2D eigenvalue weighted by atomic mass is 15.0. The van der Waals surface area contributed by atoms with E-state index in [-0.39, 0.29) is 0 Å². The fraction of sp³-hybridized carbons (Fsp3) is 0.400. The summed E-state index contributed by atoms with van der Waals surface area (Å²) in [4.78, 5) is 8.63. The number of hydrogen-bond acceptors (Lipinski definition) is 2. The van der Waals surface area contributed by atoms with E-state index in [2.05, 4.69) is 36.8 Å². The molecule has 0 bridgehead atoms. The van der Waals surface area contributed by atoms with Crippen molar-refractivity contribution in [2.24, 2.45) is 9.98 Å². The molecule has 0 aromatic heterocycles. The first kappa shape index (κ1) is 7.47. The maximum atomic E-state index is 4.33. The molecule has 0 radical (unpaired) electrons. The third-order valence-corrected chi connectivity index (χ3v) is 2.57. The summed E-state index contributed by atoms with van der Waals surface area (Å²) in [5.74, 6) is 0. The third-order valence-electron chi connectivity index (χ3n) is 2.57. The van der Waals surface area contributed by atoms with Crippen LogP contribution in [0.25, 0.3) is 0 Å². The Labute approximate surface area is 71.7 Å². The fourth-order valence-corrected chi connectivity index (χ4v) is 1.55. The average Bonchev–Trinajstić information content (AvgIpc) is 2.48. The predicted molar refractivity (Wildman–Crippen MR) is 47.8 cm³/mol. The van der Waals surface area contributed by atoms with E-state index in [1.165, 1.54) is 16.7 Å². The van der Waals surface area contributed by atoms with Crippen molar-refractivity contribution < 1.29 is 0 Å². The Hall–Kier alpha value is -1.18. The molecule has 0 N–H and O–H groups in total. The molecule has 62 valence electrons. The predicted octanol–water partition coefficient (Wildman–Crippen LogP) is 0.822. The van der Waals surface area contributed by atoms with Crippen LogP contribution in [0.2, 0.25) is 0 Å². The second-order valence-electron chi connectivity index (χ2n) is 3.27. The van der Waals surface area contributed by atoms with Gasteiger partial charge in [0.2, 0.25) is 0 Å². The normalized spacial score (nSPS) is 13.6. The van der Waals surface area contributed by atoms with E-state index in [0.29, 0.717) is 6.67 Å². The lowest BCUT2D eigenvalue weighted by Crippen LogP contribution is -2.26. The lowest BCUT2D eigenvalue weighted by atomic mass is 10.0. The summed E-state index contributed by atoms with van der Waals surface area (Å²) in [6, 6.07) is 2.12. The third kappa shape index (κ3) is 0.876. The Morgan fingerprint density at radius 3 is 2.58 bits per heavy atom. The number of rotatable bonds is 0. The van der Waals surface area contributed by atoms with E-state index in [0.717, 1.165) is 10.7 Å². The molecule has 1 aromatic carbocycles. The smallest absolute Gasteiger partial charge is 0.130 e. The van der Waals surface area contributed by atoms with E-state index < -0.39 is 0 Å². The molecule has 1 aliphatic rings. The van der Waals surface area contributed by atoms with Crippen molar-refractivity contribution in [2.45, 2.75) is 20.8 Å². The van der Waals surface area contributed by atoms with Gasteiger partial charge < -0.3 is 0 Å². The average molecular weight is 160 g/mol. The largest absolute Gasteiger partial charge is 0.260 e. The Kier molecular flexibility index (Phi) is 1.50. The van der Waals surface area contributed by atoms with Crippen LogP contribution in [0, 0.1) is 20.8 Å². The molecule has 0 saturated heterocycles. The van der Waals surface area contributed by atoms with Crippen LogP contribution in [0.1, 0.15) is 16.7 Å². The number of benzene rings is 1. The van der Waals surface area contributed by atoms with Gasteiger partial charge in [0.15, 0.2) is 0 Å². The Balaban J connectivity index is 2.97. The molecule has 0 aliphatic carbocycles. The van der Waals surface area contributed by atoms with Crippen LogP contribution in [-0.2, 0) is 0 Å². The molecule has 1 aromatic rings. The maximum absolute atomic E-state index is 4.33. The first-order valence-corrected chi connectivity index (χ1v) is 4.16. The van der Waals surface area contributed by atoms with Gasteiger partial charge in [0, 0.05) is 0 Å². The van der Waals surface area contributed by atoms with Crippen molar-refractivity contribution in [3.63, 3.8) is 0 Å². The quantitative estimate of drug-likeness (QED) is 0.537. The molecule has 0 saturated carbocycles. The van der Waals surface area contributed by atoms with Gasteiger partial charge in [-0.1, -0.05) is 0 Å². The number of aryl methyl sites for hydroxylation is 1. The summed E-state index contributed by atoms with van der Waals surface area (Å²) in [7, 11) is 0. The minimum atomic E-state index is 0.610. The van der Waals surface area contributed by atoms with Gasteiger partial charge in [-0.2, -0.15) is 0 Å². The van der Waals surface area contributed by atoms with Crippen molar-refractivity contribution in [3.05, 3.63) is 33.5 Å². The highest BCUT2D eigenvalue weighted by molar-refractivity contribution is 5.32. The monoisotopic (exact) mass is 160 g/mol. The standard InChI is InChI=1S/C10H12N2/c1-6-4-9-10(12-5-11-9)8(3)7(6)2/h4H,5H2,1-3H3. The van der Waals surface area contributed by atoms with Gasteiger partial charge in [0.1, 0.15) is 6.67 Å². The summed E-state index contributed by atoms with van der Waals surface area (Å²) in [5, 5.41) is 2.16. The van der Waals surface area contributed by atoms with Crippen molar-refractivity contribution in [2.75, 3.05) is 6.67 Å². The van der Waals surface area contributed by atoms with Crippen molar-refractivity contribution in [1.82, 2.24) is 0 Å². The van der Waals surface area contributed by atoms with E-state index >= 15 is 0 Å². The van der Waals surface area contributed by atoms with Gasteiger partial charge in [-0.25, -0.2) is 0 Å². The van der Waals surface area contributed by atoms with Gasteiger partial charge in [0.25, 0.3) is 0 Å². The summed E-state index contributed by atoms with van der Waals surface area (Å²) >= 11 is 0. The van der Waals surface area contributed by atoms with Crippen LogP contribution in [0.15, 0.2) is 16.1 Å². The van der Waals surface area contributed by atoms with E-state index in [1.807, 2.05) is 0 Å². The molecule has 2 nitrogen and oxygen atoms in total.